The summed E-state index contributed by atoms with van der Waals surface area (Å²) in [5.74, 6) is 0.765. The Hall–Kier alpha value is -3.26. The lowest BCUT2D eigenvalue weighted by molar-refractivity contribution is 0.194. The maximum Gasteiger partial charge on any atom is 0.322 e. The van der Waals surface area contributed by atoms with Crippen LogP contribution in [0.15, 0.2) is 60.8 Å². The number of rotatable bonds is 3. The third kappa shape index (κ3) is 4.31. The van der Waals surface area contributed by atoms with E-state index < -0.39 is 0 Å². The maximum absolute atomic E-state index is 14.1. The molecule has 0 saturated carbocycles. The molecule has 0 saturated heterocycles. The van der Waals surface area contributed by atoms with Crippen molar-refractivity contribution in [2.75, 3.05) is 26.0 Å². The fourth-order valence-electron chi connectivity index (χ4n) is 5.43. The highest BCUT2D eigenvalue weighted by Gasteiger charge is 2.36. The summed E-state index contributed by atoms with van der Waals surface area (Å²) in [6.45, 7) is 4.45. The molecule has 2 aromatic heterocycles. The number of nitrogens with zero attached hydrogens (tertiary/aromatic N) is 3. The summed E-state index contributed by atoms with van der Waals surface area (Å²) >= 11 is 8.13. The minimum atomic E-state index is -0.300. The Bertz CT molecular complexity index is 1490. The van der Waals surface area contributed by atoms with E-state index in [-0.39, 0.29) is 12.1 Å². The number of hydrogen-bond donors (Lipinski definition) is 1. The van der Waals surface area contributed by atoms with Crippen molar-refractivity contribution in [2.45, 2.75) is 32.5 Å². The number of anilines is 1. The minimum Gasteiger partial charge on any atom is -0.497 e. The zero-order valence-corrected chi connectivity index (χ0v) is 22.7. The summed E-state index contributed by atoms with van der Waals surface area (Å²) in [5, 5.41) is 4.97. The molecule has 0 radical (unpaired) electrons. The smallest absolute Gasteiger partial charge is 0.322 e. The lowest BCUT2D eigenvalue weighted by Gasteiger charge is -2.32. The number of ether oxygens (including phenoxy) is 1. The molecule has 2 aromatic carbocycles. The summed E-state index contributed by atoms with van der Waals surface area (Å²) in [4.78, 5) is 19.8. The zero-order valence-electron chi connectivity index (χ0n) is 21.1. The molecule has 6 rings (SSSR count). The first-order chi connectivity index (χ1) is 17.9. The van der Waals surface area contributed by atoms with Crippen molar-refractivity contribution in [2.24, 2.45) is 0 Å². The highest BCUT2D eigenvalue weighted by molar-refractivity contribution is 7.15. The van der Waals surface area contributed by atoms with E-state index in [9.17, 15) is 4.79 Å². The van der Waals surface area contributed by atoms with Crippen LogP contribution in [0.1, 0.15) is 38.9 Å². The third-order valence-electron chi connectivity index (χ3n) is 7.37. The SMILES string of the molecule is COc1cccc([C@@H]2c3cccn3-c3sc4c(c3CN2C(=O)Nc2cc(Cl)ccc2C)CCN(C)C4)c1. The number of benzene rings is 2. The van der Waals surface area contributed by atoms with Crippen LogP contribution in [0, 0.1) is 6.92 Å². The molecule has 0 spiro atoms. The Balaban J connectivity index is 1.51. The van der Waals surface area contributed by atoms with Crippen LogP contribution in [0.2, 0.25) is 5.02 Å². The van der Waals surface area contributed by atoms with E-state index >= 15 is 0 Å². The summed E-state index contributed by atoms with van der Waals surface area (Å²) in [6, 6.07) is 17.3. The van der Waals surface area contributed by atoms with Crippen LogP contribution in [0.3, 0.4) is 0 Å². The van der Waals surface area contributed by atoms with Gasteiger partial charge >= 0.3 is 6.03 Å². The van der Waals surface area contributed by atoms with Crippen molar-refractivity contribution >= 4 is 34.7 Å². The van der Waals surface area contributed by atoms with E-state index in [0.29, 0.717) is 11.6 Å². The summed E-state index contributed by atoms with van der Waals surface area (Å²) < 4.78 is 7.83. The first-order valence-corrected chi connectivity index (χ1v) is 13.6. The van der Waals surface area contributed by atoms with Crippen LogP contribution in [-0.4, -0.2) is 41.1 Å². The van der Waals surface area contributed by atoms with Gasteiger partial charge in [-0.05, 0) is 73.5 Å². The first kappa shape index (κ1) is 24.1. The number of nitrogens with one attached hydrogen (secondary N) is 1. The van der Waals surface area contributed by atoms with Crippen molar-refractivity contribution in [3.8, 4) is 10.8 Å². The quantitative estimate of drug-likeness (QED) is 0.322. The Labute approximate surface area is 226 Å². The van der Waals surface area contributed by atoms with Gasteiger partial charge in [0.2, 0.25) is 0 Å². The van der Waals surface area contributed by atoms with Crippen LogP contribution in [0.5, 0.6) is 5.75 Å². The molecule has 1 atom stereocenters. The molecule has 4 aromatic rings. The molecule has 0 fully saturated rings. The van der Waals surface area contributed by atoms with Crippen LogP contribution in [-0.2, 0) is 19.5 Å². The fourth-order valence-corrected chi connectivity index (χ4v) is 7.04. The highest BCUT2D eigenvalue weighted by atomic mass is 35.5. The number of amides is 2. The Morgan fingerprint density at radius 1 is 1.11 bits per heavy atom. The highest BCUT2D eigenvalue weighted by Crippen LogP contribution is 2.44. The summed E-state index contributed by atoms with van der Waals surface area (Å²) in [5.41, 5.74) is 6.37. The van der Waals surface area contributed by atoms with Gasteiger partial charge in [-0.25, -0.2) is 4.79 Å². The predicted molar refractivity (Wildman–Crippen MR) is 149 cm³/mol. The lowest BCUT2D eigenvalue weighted by atomic mass is 10.00. The molecule has 0 unspecified atom stereocenters. The van der Waals surface area contributed by atoms with Gasteiger partial charge in [-0.1, -0.05) is 29.8 Å². The number of carbonyl (C=O) groups is 1. The van der Waals surface area contributed by atoms with Gasteiger partial charge in [0, 0.05) is 40.4 Å². The average molecular weight is 533 g/mol. The number of likely N-dealkylation sites (N-methyl/N-ethyl adjacent to an activating group) is 1. The standard InChI is InChI=1S/C29H29ClN4O2S/c1-18-9-10-20(30)15-24(18)31-29(35)34-16-23-22-11-13-32(2)17-26(22)37-28(23)33-12-5-8-25(33)27(34)19-6-4-7-21(14-19)36-3/h4-10,12,14-15,27H,11,13,16-17H2,1-3H3,(H,31,35)/t27-/m1/s1. The van der Waals surface area contributed by atoms with Crippen molar-refractivity contribution in [1.82, 2.24) is 14.4 Å². The lowest BCUT2D eigenvalue weighted by Crippen LogP contribution is -2.38. The maximum atomic E-state index is 14.1. The van der Waals surface area contributed by atoms with E-state index in [1.54, 1.807) is 7.11 Å². The number of hydrogen-bond acceptors (Lipinski definition) is 4. The second kappa shape index (κ2) is 9.56. The average Bonchev–Trinajstić information content (AvgIpc) is 3.47. The normalized spacial score (nSPS) is 17.0. The molecule has 0 bridgehead atoms. The van der Waals surface area contributed by atoms with E-state index in [4.69, 9.17) is 16.3 Å². The largest absolute Gasteiger partial charge is 0.497 e. The van der Waals surface area contributed by atoms with E-state index in [0.717, 1.165) is 47.8 Å². The molecule has 37 heavy (non-hydrogen) atoms. The van der Waals surface area contributed by atoms with Crippen LogP contribution < -0.4 is 10.1 Å². The Kier molecular flexibility index (Phi) is 6.23. The van der Waals surface area contributed by atoms with Gasteiger partial charge in [0.1, 0.15) is 10.8 Å². The molecule has 0 aliphatic carbocycles. The zero-order chi connectivity index (χ0) is 25.7. The molecule has 1 N–H and O–H groups in total. The molecule has 2 aliphatic heterocycles. The first-order valence-electron chi connectivity index (χ1n) is 12.4. The second-order valence-corrected chi connectivity index (χ2v) is 11.3. The van der Waals surface area contributed by atoms with Gasteiger partial charge in [-0.3, -0.25) is 0 Å². The number of carbonyl (C=O) groups excluding carboxylic acids is 1. The second-order valence-electron chi connectivity index (χ2n) is 9.77. The van der Waals surface area contributed by atoms with E-state index in [1.807, 2.05) is 59.6 Å². The number of halogens is 1. The van der Waals surface area contributed by atoms with Gasteiger partial charge in [0.15, 0.2) is 0 Å². The molecule has 4 heterocycles. The number of urea groups is 1. The topological polar surface area (TPSA) is 49.7 Å². The van der Waals surface area contributed by atoms with Gasteiger partial charge in [0.05, 0.1) is 25.4 Å². The van der Waals surface area contributed by atoms with Gasteiger partial charge in [-0.15, -0.1) is 11.3 Å². The molecular weight excluding hydrogens is 504 g/mol. The number of aromatic nitrogens is 1. The van der Waals surface area contributed by atoms with Crippen molar-refractivity contribution in [1.29, 1.82) is 0 Å². The molecular formula is C29H29ClN4O2S. The Morgan fingerprint density at radius 2 is 1.97 bits per heavy atom. The third-order valence-corrected chi connectivity index (χ3v) is 8.86. The monoisotopic (exact) mass is 532 g/mol. The molecule has 2 amide bonds. The number of methoxy groups -OCH3 is 1. The van der Waals surface area contributed by atoms with Crippen LogP contribution in [0.4, 0.5) is 10.5 Å². The van der Waals surface area contributed by atoms with Crippen molar-refractivity contribution < 1.29 is 9.53 Å². The minimum absolute atomic E-state index is 0.160. The van der Waals surface area contributed by atoms with Crippen molar-refractivity contribution in [3.05, 3.63) is 98.6 Å². The van der Waals surface area contributed by atoms with Crippen molar-refractivity contribution in [3.63, 3.8) is 0 Å². The van der Waals surface area contributed by atoms with E-state index in [2.05, 4.69) is 46.2 Å². The van der Waals surface area contributed by atoms with Crippen LogP contribution >= 0.6 is 22.9 Å². The van der Waals surface area contributed by atoms with E-state index in [1.165, 1.54) is 21.0 Å². The summed E-state index contributed by atoms with van der Waals surface area (Å²) in [7, 11) is 3.84. The number of aryl methyl sites for hydroxylation is 1. The predicted octanol–water partition coefficient (Wildman–Crippen LogP) is 6.63. The summed E-state index contributed by atoms with van der Waals surface area (Å²) in [6.07, 6.45) is 3.11. The molecule has 190 valence electrons. The fraction of sp³-hybridized carbons (Fsp3) is 0.276. The van der Waals surface area contributed by atoms with Gasteiger partial charge in [-0.2, -0.15) is 0 Å². The van der Waals surface area contributed by atoms with Gasteiger partial charge in [0.25, 0.3) is 0 Å². The molecule has 6 nitrogen and oxygen atoms in total. The molecule has 8 heteroatoms. The number of thiophene rings is 1. The molecule has 2 aliphatic rings. The van der Waals surface area contributed by atoms with Crippen LogP contribution in [0.25, 0.3) is 5.00 Å². The number of fused-ring (bicyclic) bond motifs is 5. The van der Waals surface area contributed by atoms with Gasteiger partial charge < -0.3 is 24.4 Å². The Morgan fingerprint density at radius 3 is 2.81 bits per heavy atom.